The second-order valence-corrected chi connectivity index (χ2v) is 10.4. The summed E-state index contributed by atoms with van der Waals surface area (Å²) in [6, 6.07) is 10.3. The van der Waals surface area contributed by atoms with E-state index in [1.807, 2.05) is 6.07 Å². The molecule has 1 heterocycles. The van der Waals surface area contributed by atoms with Gasteiger partial charge in [-0.25, -0.2) is 0 Å². The Morgan fingerprint density at radius 2 is 1.69 bits per heavy atom. The van der Waals surface area contributed by atoms with Gasteiger partial charge in [0.15, 0.2) is 0 Å². The lowest BCUT2D eigenvalue weighted by atomic mass is 9.89. The molecule has 0 amide bonds. The predicted octanol–water partition coefficient (Wildman–Crippen LogP) is 7.38. The molecule has 3 rings (SSSR count). The van der Waals surface area contributed by atoms with Gasteiger partial charge >= 0.3 is 6.18 Å². The summed E-state index contributed by atoms with van der Waals surface area (Å²) in [5.41, 5.74) is 9.11. The number of nitrogens with zero attached hydrogens (tertiary/aromatic N) is 1. The predicted molar refractivity (Wildman–Crippen MR) is 137 cm³/mol. The molecule has 0 unspecified atom stereocenters. The molecule has 1 aliphatic rings. The summed E-state index contributed by atoms with van der Waals surface area (Å²) in [6.45, 7) is 5.65. The second-order valence-electron chi connectivity index (χ2n) is 10.4. The maximum Gasteiger partial charge on any atom is 0.416 e. The molecule has 0 aliphatic heterocycles. The summed E-state index contributed by atoms with van der Waals surface area (Å²) in [7, 11) is 0. The van der Waals surface area contributed by atoms with Crippen LogP contribution in [0.15, 0.2) is 36.4 Å². The van der Waals surface area contributed by atoms with E-state index in [1.165, 1.54) is 48.3 Å². The Morgan fingerprint density at radius 3 is 2.34 bits per heavy atom. The molecule has 6 heteroatoms. The van der Waals surface area contributed by atoms with Crippen molar-refractivity contribution >= 4 is 0 Å². The van der Waals surface area contributed by atoms with Gasteiger partial charge in [0.05, 0.1) is 12.2 Å². The van der Waals surface area contributed by atoms with Crippen molar-refractivity contribution in [3.8, 4) is 0 Å². The van der Waals surface area contributed by atoms with Gasteiger partial charge in [-0.2, -0.15) is 13.2 Å². The number of aromatic nitrogens is 1. The first kappa shape index (κ1) is 29.3. The van der Waals surface area contributed by atoms with Crippen molar-refractivity contribution in [1.82, 2.24) is 4.98 Å². The van der Waals surface area contributed by atoms with Crippen LogP contribution in [0.5, 0.6) is 0 Å². The van der Waals surface area contributed by atoms with Crippen LogP contribution in [0.3, 0.4) is 0 Å². The lowest BCUT2D eigenvalue weighted by Crippen LogP contribution is -2.35. The van der Waals surface area contributed by atoms with Crippen molar-refractivity contribution in [2.75, 3.05) is 6.61 Å². The average molecular weight is 493 g/mol. The summed E-state index contributed by atoms with van der Waals surface area (Å²) in [5, 5.41) is 8.28. The number of halogens is 3. The topological polar surface area (TPSA) is 59.1 Å². The second kappa shape index (κ2) is 14.0. The van der Waals surface area contributed by atoms with Gasteiger partial charge in [-0.15, -0.1) is 0 Å². The maximum absolute atomic E-state index is 13.0. The number of benzene rings is 1. The first-order valence-electron chi connectivity index (χ1n) is 13.1. The highest BCUT2D eigenvalue weighted by Gasteiger charge is 2.30. The van der Waals surface area contributed by atoms with Gasteiger partial charge in [0.25, 0.3) is 0 Å². The Bertz CT molecular complexity index is 890. The quantitative estimate of drug-likeness (QED) is 0.340. The molecule has 196 valence electrons. The van der Waals surface area contributed by atoms with Gasteiger partial charge in [0.1, 0.15) is 0 Å². The van der Waals surface area contributed by atoms with Crippen LogP contribution < -0.4 is 5.73 Å². The highest BCUT2D eigenvalue weighted by atomic mass is 19.4. The maximum atomic E-state index is 13.0. The molecule has 3 nitrogen and oxygen atoms in total. The van der Waals surface area contributed by atoms with Crippen LogP contribution in [0.1, 0.15) is 106 Å². The normalized spacial score (nSPS) is 14.6. The summed E-state index contributed by atoms with van der Waals surface area (Å²) in [4.78, 5) is 4.85. The number of aryl methyl sites for hydroxylation is 3. The number of alkyl halides is 3. The number of nitrogens with two attached hydrogens (primary N) is 1. The van der Waals surface area contributed by atoms with Crippen molar-refractivity contribution in [3.63, 3.8) is 0 Å². The standard InChI is InChI=1S/C25H32F3N.C4H11NO/c1-2-19(21-12-9-13-22(18-21)25(26,27)28)10-5-3-4-6-14-23-17-16-20-11-7-8-15-24(20)29-23;1-4(2,5)3-6/h9,12-13,16-19H,2-8,10-11,14-15H2,1H3;6H,3,5H2,1-2H3/t19-;/m1./s1. The Morgan fingerprint density at radius 1 is 1.00 bits per heavy atom. The minimum absolute atomic E-state index is 0.0486. The van der Waals surface area contributed by atoms with Gasteiger partial charge in [-0.05, 0) is 94.4 Å². The first-order chi connectivity index (χ1) is 16.5. The van der Waals surface area contributed by atoms with E-state index in [2.05, 4.69) is 19.1 Å². The largest absolute Gasteiger partial charge is 0.416 e. The van der Waals surface area contributed by atoms with Gasteiger partial charge in [-0.3, -0.25) is 4.98 Å². The van der Waals surface area contributed by atoms with Crippen molar-refractivity contribution in [2.45, 2.75) is 109 Å². The molecule has 1 atom stereocenters. The highest BCUT2D eigenvalue weighted by Crippen LogP contribution is 2.33. The number of aliphatic hydroxyl groups is 1. The molecule has 1 aromatic heterocycles. The molecule has 0 bridgehead atoms. The third-order valence-electron chi connectivity index (χ3n) is 6.56. The molecule has 1 aliphatic carbocycles. The number of unbranched alkanes of at least 4 members (excludes halogenated alkanes) is 3. The van der Waals surface area contributed by atoms with Crippen LogP contribution in [-0.2, 0) is 25.4 Å². The SMILES string of the molecule is CC(C)(N)CO.CC[C@H](CCCCCCc1ccc2c(n1)CCCC2)c1cccc(C(F)(F)F)c1. The first-order valence-corrected chi connectivity index (χ1v) is 13.1. The monoisotopic (exact) mass is 492 g/mol. The van der Waals surface area contributed by atoms with Crippen molar-refractivity contribution in [3.05, 3.63) is 64.5 Å². The lowest BCUT2D eigenvalue weighted by Gasteiger charge is -2.17. The summed E-state index contributed by atoms with van der Waals surface area (Å²) < 4.78 is 38.9. The van der Waals surface area contributed by atoms with E-state index in [1.54, 1.807) is 13.8 Å². The third kappa shape index (κ3) is 10.7. The molecule has 0 spiro atoms. The minimum Gasteiger partial charge on any atom is -0.394 e. The number of fused-ring (bicyclic) bond motifs is 1. The van der Waals surface area contributed by atoms with Gasteiger partial charge in [-0.1, -0.05) is 50.5 Å². The fourth-order valence-electron chi connectivity index (χ4n) is 4.39. The molecule has 1 aromatic carbocycles. The Kier molecular flexibility index (Phi) is 11.7. The van der Waals surface area contributed by atoms with Crippen LogP contribution in [0.2, 0.25) is 0 Å². The zero-order valence-corrected chi connectivity index (χ0v) is 21.6. The zero-order valence-electron chi connectivity index (χ0n) is 21.6. The van der Waals surface area contributed by atoms with Crippen molar-refractivity contribution in [2.24, 2.45) is 5.73 Å². The molecule has 2 aromatic rings. The average Bonchev–Trinajstić information content (AvgIpc) is 2.83. The third-order valence-corrected chi connectivity index (χ3v) is 6.56. The van der Waals surface area contributed by atoms with Crippen LogP contribution in [0, 0.1) is 0 Å². The smallest absolute Gasteiger partial charge is 0.394 e. The van der Waals surface area contributed by atoms with Crippen LogP contribution in [0.4, 0.5) is 13.2 Å². The van der Waals surface area contributed by atoms with E-state index in [-0.39, 0.29) is 12.5 Å². The Labute approximate surface area is 209 Å². The summed E-state index contributed by atoms with van der Waals surface area (Å²) in [6.07, 6.45) is 7.90. The van der Waals surface area contributed by atoms with E-state index < -0.39 is 17.3 Å². The van der Waals surface area contributed by atoms with E-state index >= 15 is 0 Å². The van der Waals surface area contributed by atoms with E-state index in [0.717, 1.165) is 63.0 Å². The van der Waals surface area contributed by atoms with Crippen molar-refractivity contribution in [1.29, 1.82) is 0 Å². The molecule has 0 saturated heterocycles. The Balaban J connectivity index is 0.000000641. The number of rotatable bonds is 10. The highest BCUT2D eigenvalue weighted by molar-refractivity contribution is 5.28. The van der Waals surface area contributed by atoms with Crippen LogP contribution >= 0.6 is 0 Å². The molecule has 0 fully saturated rings. The number of pyridine rings is 1. The molecule has 3 N–H and O–H groups in total. The summed E-state index contributed by atoms with van der Waals surface area (Å²) >= 11 is 0. The zero-order chi connectivity index (χ0) is 25.9. The molecular formula is C29H43F3N2O. The fraction of sp³-hybridized carbons (Fsp3) is 0.621. The number of hydrogen-bond acceptors (Lipinski definition) is 3. The van der Waals surface area contributed by atoms with Crippen molar-refractivity contribution < 1.29 is 18.3 Å². The van der Waals surface area contributed by atoms with Gasteiger partial charge in [0.2, 0.25) is 0 Å². The van der Waals surface area contributed by atoms with E-state index in [9.17, 15) is 13.2 Å². The van der Waals surface area contributed by atoms with E-state index in [4.69, 9.17) is 15.8 Å². The molecule has 0 radical (unpaired) electrons. The van der Waals surface area contributed by atoms with Gasteiger partial charge < -0.3 is 10.8 Å². The number of hydrogen-bond donors (Lipinski definition) is 2. The van der Waals surface area contributed by atoms with Gasteiger partial charge in [0, 0.05) is 16.9 Å². The fourth-order valence-corrected chi connectivity index (χ4v) is 4.39. The molecular weight excluding hydrogens is 449 g/mol. The van der Waals surface area contributed by atoms with Crippen LogP contribution in [0.25, 0.3) is 0 Å². The molecule has 0 saturated carbocycles. The number of aliphatic hydroxyl groups excluding tert-OH is 1. The summed E-state index contributed by atoms with van der Waals surface area (Å²) in [5.74, 6) is 0.208. The van der Waals surface area contributed by atoms with Crippen LogP contribution in [-0.4, -0.2) is 22.2 Å². The molecule has 35 heavy (non-hydrogen) atoms. The Hall–Kier alpha value is -1.92. The minimum atomic E-state index is -4.26. The lowest BCUT2D eigenvalue weighted by molar-refractivity contribution is -0.137. The van der Waals surface area contributed by atoms with E-state index in [0.29, 0.717) is 0 Å².